The molecule has 0 unspecified atom stereocenters. The van der Waals surface area contributed by atoms with Gasteiger partial charge < -0.3 is 0 Å². The zero-order chi connectivity index (χ0) is 26.3. The van der Waals surface area contributed by atoms with Crippen LogP contribution in [0.1, 0.15) is 0 Å². The van der Waals surface area contributed by atoms with E-state index in [2.05, 4.69) is 9.05 Å². The number of benzene rings is 1. The third-order valence-corrected chi connectivity index (χ3v) is 13.9. The second kappa shape index (κ2) is 7.51. The van der Waals surface area contributed by atoms with Crippen molar-refractivity contribution in [1.29, 1.82) is 0 Å². The van der Waals surface area contributed by atoms with Crippen LogP contribution < -0.4 is 0 Å². The zero-order valence-corrected chi connectivity index (χ0v) is 18.6. The van der Waals surface area contributed by atoms with Gasteiger partial charge in [0.25, 0.3) is 0 Å². The van der Waals surface area contributed by atoms with Crippen molar-refractivity contribution in [3.05, 3.63) is 30.3 Å². The van der Waals surface area contributed by atoms with E-state index in [4.69, 9.17) is 0 Å². The van der Waals surface area contributed by atoms with Crippen molar-refractivity contribution in [1.82, 2.24) is 9.34 Å². The van der Waals surface area contributed by atoms with E-state index in [0.29, 0.717) is 9.34 Å². The summed E-state index contributed by atoms with van der Waals surface area (Å²) in [6.07, 6.45) is -29.1. The number of likely N-dealkylation sites (N-methyl/N-ethyl adjacent to an activating group) is 2. The zero-order valence-electron chi connectivity index (χ0n) is 16.9. The first-order chi connectivity index (χ1) is 15.1. The van der Waals surface area contributed by atoms with Crippen molar-refractivity contribution in [3.63, 3.8) is 0 Å². The SMILES string of the molecule is CN1CCN(C)P12(Sc1ccccc1)OC(C(F)(F)F)(C(F)(F)F)C(C(F)(F)F)(C(F)(F)F)O2. The van der Waals surface area contributed by atoms with Crippen LogP contribution in [0.5, 0.6) is 0 Å². The molecule has 4 nitrogen and oxygen atoms in total. The monoisotopic (exact) mass is 558 g/mol. The van der Waals surface area contributed by atoms with Crippen LogP contribution in [0, 0.1) is 0 Å². The normalized spacial score (nSPS) is 26.5. The van der Waals surface area contributed by atoms with E-state index in [0.717, 1.165) is 26.2 Å². The summed E-state index contributed by atoms with van der Waals surface area (Å²) in [5.41, 5.74) is -13.7. The molecule has 1 spiro atoms. The molecule has 34 heavy (non-hydrogen) atoms. The fourth-order valence-corrected chi connectivity index (χ4v) is 12.2. The maximum absolute atomic E-state index is 14.1. The van der Waals surface area contributed by atoms with Crippen LogP contribution in [0.4, 0.5) is 52.7 Å². The standard InChI is InChI=1S/C16H15F12N2O2PS/c1-29-8-9-30(2)33(29,34-10-6-4-3-5-7-10)31-11(13(17,18)19,14(20,21)22)12(32-33,15(23,24)25)16(26,27)28/h3-7H,8-9H2,1-2H3. The van der Waals surface area contributed by atoms with E-state index < -0.39 is 55.6 Å². The Balaban J connectivity index is 2.55. The number of hydrogen-bond donors (Lipinski definition) is 0. The van der Waals surface area contributed by atoms with Gasteiger partial charge in [0, 0.05) is 0 Å². The van der Waals surface area contributed by atoms with Crippen molar-refractivity contribution >= 4 is 17.9 Å². The molecule has 2 aliphatic heterocycles. The van der Waals surface area contributed by atoms with E-state index in [9.17, 15) is 52.7 Å². The predicted molar refractivity (Wildman–Crippen MR) is 96.3 cm³/mol. The minimum absolute atomic E-state index is 0.168. The van der Waals surface area contributed by atoms with E-state index in [1.165, 1.54) is 18.2 Å². The Bertz CT molecular complexity index is 851. The topological polar surface area (TPSA) is 24.9 Å². The minimum atomic E-state index is -7.26. The molecule has 0 radical (unpaired) electrons. The quantitative estimate of drug-likeness (QED) is 0.303. The molecule has 2 heterocycles. The summed E-state index contributed by atoms with van der Waals surface area (Å²) in [7, 11) is 1.50. The molecule has 1 aromatic rings. The van der Waals surface area contributed by atoms with E-state index in [1.54, 1.807) is 0 Å². The van der Waals surface area contributed by atoms with Gasteiger partial charge in [-0.05, 0) is 0 Å². The summed E-state index contributed by atoms with van der Waals surface area (Å²) in [6.45, 7) is -7.60. The Labute approximate surface area is 188 Å². The molecule has 2 aliphatic rings. The molecule has 0 aliphatic carbocycles. The molecule has 0 atom stereocenters. The number of hydrogen-bond acceptors (Lipinski definition) is 5. The average Bonchev–Trinajstić information content (AvgIpc) is 3.10. The van der Waals surface area contributed by atoms with Gasteiger partial charge in [-0.15, -0.1) is 0 Å². The summed E-state index contributed by atoms with van der Waals surface area (Å²) in [4.78, 5) is -0.279. The second-order valence-electron chi connectivity index (χ2n) is 7.51. The van der Waals surface area contributed by atoms with E-state index in [1.807, 2.05) is 0 Å². The van der Waals surface area contributed by atoms with Gasteiger partial charge in [0.15, 0.2) is 0 Å². The average molecular weight is 558 g/mol. The van der Waals surface area contributed by atoms with E-state index in [-0.39, 0.29) is 16.3 Å². The Kier molecular flexibility index (Phi) is 6.09. The summed E-state index contributed by atoms with van der Waals surface area (Å²) in [6, 6.07) is 5.96. The van der Waals surface area contributed by atoms with Gasteiger partial charge in [0.05, 0.1) is 0 Å². The van der Waals surface area contributed by atoms with Gasteiger partial charge in [-0.3, -0.25) is 0 Å². The molecule has 1 aromatic carbocycles. The fourth-order valence-electron chi connectivity index (χ4n) is 3.94. The van der Waals surface area contributed by atoms with Crippen LogP contribution in [0.25, 0.3) is 0 Å². The molecule has 18 heteroatoms. The predicted octanol–water partition coefficient (Wildman–Crippen LogP) is 6.56. The first-order valence-electron chi connectivity index (χ1n) is 9.02. The fraction of sp³-hybridized carbons (Fsp3) is 0.625. The van der Waals surface area contributed by atoms with Crippen LogP contribution in [0.15, 0.2) is 35.2 Å². The summed E-state index contributed by atoms with van der Waals surface area (Å²) < 4.78 is 179. The molecular formula is C16H15F12N2O2PS. The molecule has 0 aromatic heterocycles. The van der Waals surface area contributed by atoms with Crippen molar-refractivity contribution < 1.29 is 61.7 Å². The summed E-state index contributed by atoms with van der Waals surface area (Å²) in [5, 5.41) is 0. The number of halogens is 12. The van der Waals surface area contributed by atoms with Crippen LogP contribution in [0.2, 0.25) is 0 Å². The summed E-state index contributed by atoms with van der Waals surface area (Å²) in [5.74, 6) is 0. The molecule has 2 fully saturated rings. The van der Waals surface area contributed by atoms with Crippen molar-refractivity contribution in [3.8, 4) is 0 Å². The maximum atomic E-state index is 14.1. The number of alkyl halides is 12. The molecule has 0 amide bonds. The molecule has 3 rings (SSSR count). The molecule has 0 bridgehead atoms. The van der Waals surface area contributed by atoms with Gasteiger partial charge in [0.2, 0.25) is 0 Å². The van der Waals surface area contributed by atoms with E-state index >= 15 is 0 Å². The van der Waals surface area contributed by atoms with Gasteiger partial charge >= 0.3 is 187 Å². The van der Waals surface area contributed by atoms with Crippen LogP contribution in [0.3, 0.4) is 0 Å². The van der Waals surface area contributed by atoms with Crippen molar-refractivity contribution in [2.24, 2.45) is 0 Å². The van der Waals surface area contributed by atoms with Gasteiger partial charge in [-0.2, -0.15) is 0 Å². The third kappa shape index (κ3) is 3.23. The molecular weight excluding hydrogens is 543 g/mol. The third-order valence-electron chi connectivity index (χ3n) is 5.57. The number of rotatable bonds is 2. The van der Waals surface area contributed by atoms with Gasteiger partial charge in [-0.1, -0.05) is 0 Å². The van der Waals surface area contributed by atoms with Gasteiger partial charge in [0.1, 0.15) is 0 Å². The second-order valence-corrected chi connectivity index (χ2v) is 13.9. The van der Waals surface area contributed by atoms with Gasteiger partial charge in [-0.25, -0.2) is 0 Å². The van der Waals surface area contributed by atoms with Crippen LogP contribution >= 0.6 is 17.9 Å². The van der Waals surface area contributed by atoms with Crippen molar-refractivity contribution in [2.45, 2.75) is 40.8 Å². The molecule has 2 saturated heterocycles. The Morgan fingerprint density at radius 3 is 1.29 bits per heavy atom. The van der Waals surface area contributed by atoms with Crippen molar-refractivity contribution in [2.75, 3.05) is 27.2 Å². The first-order valence-corrected chi connectivity index (χ1v) is 12.4. The summed E-state index contributed by atoms with van der Waals surface area (Å²) >= 11 is -0.168. The van der Waals surface area contributed by atoms with Crippen LogP contribution in [-0.4, -0.2) is 72.4 Å². The molecule has 0 N–H and O–H groups in total. The Morgan fingerprint density at radius 1 is 0.676 bits per heavy atom. The Morgan fingerprint density at radius 2 is 1.00 bits per heavy atom. The number of nitrogens with zero attached hydrogens (tertiary/aromatic N) is 2. The first kappa shape index (κ1) is 27.6. The molecule has 196 valence electrons. The Hall–Kier alpha value is -1.00. The van der Waals surface area contributed by atoms with Crippen LogP contribution in [-0.2, 0) is 9.05 Å². The molecule has 0 saturated carbocycles.